The first kappa shape index (κ1) is 32.8. The van der Waals surface area contributed by atoms with Crippen LogP contribution in [0.1, 0.15) is 129 Å². The van der Waals surface area contributed by atoms with Crippen molar-refractivity contribution in [2.45, 2.75) is 72.5 Å². The van der Waals surface area contributed by atoms with Crippen molar-refractivity contribution in [3.05, 3.63) is 67.3 Å². The molecule has 3 aliphatic rings. The van der Waals surface area contributed by atoms with Crippen LogP contribution in [0.2, 0.25) is 0 Å². The third-order valence-electron chi connectivity index (χ3n) is 9.19. The summed E-state index contributed by atoms with van der Waals surface area (Å²) in [5, 5.41) is 46.7. The highest BCUT2D eigenvalue weighted by Gasteiger charge is 2.44. The summed E-state index contributed by atoms with van der Waals surface area (Å²) >= 11 is 0. The Labute approximate surface area is 265 Å². The standard InChI is InChI=1S/C35H37NO10/c1-13(2)21-25-18(11-20(32(21)42)46-35(45)17-7-9-36-10-8-17)30(40)23(15(5)28(25)38)24-16(6)29(39)27-22(14(3)4)34(44)31(41)19(12-37)26(27)33(24)43/h11-14,17,35-36,41-42,44-45H,7-10H2,1-6H3. The predicted molar refractivity (Wildman–Crippen MR) is 166 cm³/mol. The molecule has 2 aromatic rings. The lowest BCUT2D eigenvalue weighted by Gasteiger charge is -2.31. The molecule has 1 fully saturated rings. The molecule has 2 aliphatic carbocycles. The summed E-state index contributed by atoms with van der Waals surface area (Å²) in [5.41, 5.74) is -2.57. The van der Waals surface area contributed by atoms with Crippen LogP contribution in [0.4, 0.5) is 0 Å². The number of ketones is 4. The number of allylic oxidation sites excluding steroid dienone is 4. The summed E-state index contributed by atoms with van der Waals surface area (Å²) in [6, 6.07) is 1.17. The number of aldehydes is 1. The van der Waals surface area contributed by atoms with Crippen LogP contribution in [0, 0.1) is 5.92 Å². The molecule has 0 aromatic heterocycles. The second kappa shape index (κ2) is 12.0. The van der Waals surface area contributed by atoms with Crippen LogP contribution in [-0.2, 0) is 0 Å². The molecule has 1 unspecified atom stereocenters. The number of hydrogen-bond acceptors (Lipinski definition) is 11. The molecular formula is C35H37NO10. The zero-order valence-electron chi connectivity index (χ0n) is 26.5. The molecule has 0 radical (unpaired) electrons. The van der Waals surface area contributed by atoms with Gasteiger partial charge in [-0.1, -0.05) is 27.7 Å². The molecule has 5 rings (SSSR count). The van der Waals surface area contributed by atoms with Gasteiger partial charge in [0.15, 0.2) is 52.4 Å². The number of hydrogen-bond donors (Lipinski definition) is 5. The molecule has 242 valence electrons. The number of phenols is 3. The topological polar surface area (TPSA) is 188 Å². The van der Waals surface area contributed by atoms with Crippen LogP contribution >= 0.6 is 0 Å². The normalized spacial score (nSPS) is 18.0. The minimum Gasteiger partial charge on any atom is -0.504 e. The van der Waals surface area contributed by atoms with Gasteiger partial charge in [0.2, 0.25) is 6.29 Å². The maximum absolute atomic E-state index is 14.4. The Bertz CT molecular complexity index is 1800. The van der Waals surface area contributed by atoms with Gasteiger partial charge in [-0.2, -0.15) is 0 Å². The van der Waals surface area contributed by atoms with Crippen molar-refractivity contribution in [2.24, 2.45) is 5.92 Å². The molecule has 1 aliphatic heterocycles. The number of nitrogens with one attached hydrogen (secondary N) is 1. The smallest absolute Gasteiger partial charge is 0.200 e. The number of fused-ring (bicyclic) bond motifs is 2. The van der Waals surface area contributed by atoms with Crippen molar-refractivity contribution in [3.63, 3.8) is 0 Å². The van der Waals surface area contributed by atoms with Crippen LogP contribution in [0.3, 0.4) is 0 Å². The third kappa shape index (κ3) is 4.85. The van der Waals surface area contributed by atoms with E-state index in [9.17, 15) is 44.4 Å². The number of carbonyl (C=O) groups excluding carboxylic acids is 5. The van der Waals surface area contributed by atoms with Crippen molar-refractivity contribution < 1.29 is 49.1 Å². The van der Waals surface area contributed by atoms with Crippen LogP contribution in [0.25, 0.3) is 0 Å². The minimum atomic E-state index is -1.31. The largest absolute Gasteiger partial charge is 0.504 e. The number of carbonyl (C=O) groups is 5. The number of aromatic hydroxyl groups is 3. The first-order chi connectivity index (χ1) is 21.6. The van der Waals surface area contributed by atoms with Gasteiger partial charge in [0.05, 0.1) is 5.56 Å². The van der Waals surface area contributed by atoms with Gasteiger partial charge in [-0.15, -0.1) is 0 Å². The van der Waals surface area contributed by atoms with Gasteiger partial charge in [0, 0.05) is 61.6 Å². The molecule has 11 nitrogen and oxygen atoms in total. The first-order valence-corrected chi connectivity index (χ1v) is 15.3. The Hall–Kier alpha value is -4.61. The van der Waals surface area contributed by atoms with E-state index in [4.69, 9.17) is 4.74 Å². The summed E-state index contributed by atoms with van der Waals surface area (Å²) in [6.45, 7) is 10.7. The highest BCUT2D eigenvalue weighted by atomic mass is 16.6. The quantitative estimate of drug-likeness (QED) is 0.163. The van der Waals surface area contributed by atoms with Crippen molar-refractivity contribution in [1.29, 1.82) is 0 Å². The third-order valence-corrected chi connectivity index (χ3v) is 9.19. The van der Waals surface area contributed by atoms with Crippen LogP contribution in [-0.4, -0.2) is 69.2 Å². The molecule has 2 aromatic carbocycles. The van der Waals surface area contributed by atoms with Gasteiger partial charge < -0.3 is 30.5 Å². The van der Waals surface area contributed by atoms with Crippen LogP contribution in [0.15, 0.2) is 28.4 Å². The molecule has 11 heteroatoms. The van der Waals surface area contributed by atoms with E-state index in [0.29, 0.717) is 25.9 Å². The fourth-order valence-corrected chi connectivity index (χ4v) is 6.81. The lowest BCUT2D eigenvalue weighted by molar-refractivity contribution is -0.0715. The first-order valence-electron chi connectivity index (χ1n) is 15.3. The molecule has 0 bridgehead atoms. The summed E-state index contributed by atoms with van der Waals surface area (Å²) < 4.78 is 5.80. The number of rotatable bonds is 7. The Morgan fingerprint density at radius 1 is 0.761 bits per heavy atom. The second-order valence-corrected chi connectivity index (χ2v) is 12.7. The van der Waals surface area contributed by atoms with Gasteiger partial charge in [0.1, 0.15) is 0 Å². The summed E-state index contributed by atoms with van der Waals surface area (Å²) in [7, 11) is 0. The average Bonchev–Trinajstić information content (AvgIpc) is 3.01. The van der Waals surface area contributed by atoms with Crippen LogP contribution in [0.5, 0.6) is 23.0 Å². The van der Waals surface area contributed by atoms with Crippen molar-refractivity contribution in [2.75, 3.05) is 13.1 Å². The maximum atomic E-state index is 14.4. The number of benzene rings is 2. The molecule has 0 spiro atoms. The Morgan fingerprint density at radius 2 is 1.28 bits per heavy atom. The number of piperidine rings is 1. The second-order valence-electron chi connectivity index (χ2n) is 12.7. The van der Waals surface area contributed by atoms with E-state index in [1.807, 2.05) is 0 Å². The van der Waals surface area contributed by atoms with E-state index in [-0.39, 0.29) is 68.2 Å². The van der Waals surface area contributed by atoms with Gasteiger partial charge >= 0.3 is 0 Å². The summed E-state index contributed by atoms with van der Waals surface area (Å²) in [4.78, 5) is 68.7. The lowest BCUT2D eigenvalue weighted by atomic mass is 9.71. The zero-order chi connectivity index (χ0) is 33.9. The summed E-state index contributed by atoms with van der Waals surface area (Å²) in [6.07, 6.45) is 0.0817. The van der Waals surface area contributed by atoms with Gasteiger partial charge in [-0.3, -0.25) is 24.0 Å². The molecule has 5 N–H and O–H groups in total. The predicted octanol–water partition coefficient (Wildman–Crippen LogP) is 4.65. The lowest BCUT2D eigenvalue weighted by Crippen LogP contribution is -2.36. The molecule has 0 amide bonds. The van der Waals surface area contributed by atoms with Crippen molar-refractivity contribution >= 4 is 29.4 Å². The highest BCUT2D eigenvalue weighted by Crippen LogP contribution is 2.49. The van der Waals surface area contributed by atoms with Crippen molar-refractivity contribution in [3.8, 4) is 23.0 Å². The molecule has 0 saturated carbocycles. The Kier molecular flexibility index (Phi) is 8.52. The molecular weight excluding hydrogens is 594 g/mol. The average molecular weight is 632 g/mol. The SMILES string of the molecule is CC1=C(C2=C(C)C(=O)c3c(c(C=O)c(O)c(O)c3C(C)C)C2=O)C(=O)c2cc(OC(O)C3CCNCC3)c(O)c(C(C)C)c2C1=O. The van der Waals surface area contributed by atoms with E-state index in [0.717, 1.165) is 0 Å². The highest BCUT2D eigenvalue weighted by molar-refractivity contribution is 6.38. The number of phenolic OH excluding ortho intramolecular Hbond substituents is 3. The van der Waals surface area contributed by atoms with Crippen LogP contribution < -0.4 is 10.1 Å². The minimum absolute atomic E-state index is 0.0249. The Balaban J connectivity index is 1.71. The molecule has 46 heavy (non-hydrogen) atoms. The number of Topliss-reactive ketones (excluding diaryl/α,β-unsaturated/α-hetero) is 4. The van der Waals surface area contributed by atoms with Gasteiger partial charge in [0.25, 0.3) is 0 Å². The van der Waals surface area contributed by atoms with Gasteiger partial charge in [-0.25, -0.2) is 0 Å². The maximum Gasteiger partial charge on any atom is 0.200 e. The Morgan fingerprint density at radius 3 is 1.83 bits per heavy atom. The fourth-order valence-electron chi connectivity index (χ4n) is 6.81. The molecule has 1 atom stereocenters. The monoisotopic (exact) mass is 631 g/mol. The zero-order valence-corrected chi connectivity index (χ0v) is 26.5. The van der Waals surface area contributed by atoms with E-state index in [1.165, 1.54) is 19.9 Å². The van der Waals surface area contributed by atoms with E-state index < -0.39 is 69.5 Å². The van der Waals surface area contributed by atoms with E-state index in [2.05, 4.69) is 5.32 Å². The summed E-state index contributed by atoms with van der Waals surface area (Å²) in [5.74, 6) is -6.56. The van der Waals surface area contributed by atoms with E-state index in [1.54, 1.807) is 27.7 Å². The van der Waals surface area contributed by atoms with Gasteiger partial charge in [-0.05, 0) is 57.7 Å². The molecule has 1 heterocycles. The number of aliphatic hydroxyl groups is 1. The number of ether oxygens (including phenoxy) is 1. The van der Waals surface area contributed by atoms with Crippen molar-refractivity contribution in [1.82, 2.24) is 5.32 Å². The molecule has 1 saturated heterocycles. The number of aliphatic hydroxyl groups excluding tert-OH is 1. The van der Waals surface area contributed by atoms with E-state index >= 15 is 0 Å². The fraction of sp³-hybridized carbons (Fsp3) is 0.400.